The first-order valence-corrected chi connectivity index (χ1v) is 10.8. The number of fused-ring (bicyclic) bond motifs is 1. The third-order valence-electron chi connectivity index (χ3n) is 5.81. The van der Waals surface area contributed by atoms with E-state index >= 15 is 0 Å². The number of amides is 1. The SMILES string of the molecule is Cc1cc(NC(=O)C(c2ccccc2)N2CCN(Cc3cn4ccccc4n3)CC2)no1. The minimum atomic E-state index is -0.384. The van der Waals surface area contributed by atoms with E-state index in [1.165, 1.54) is 0 Å². The molecule has 8 heteroatoms. The molecular formula is C24H26N6O2. The van der Waals surface area contributed by atoms with E-state index in [9.17, 15) is 4.79 Å². The Kier molecular flexibility index (Phi) is 5.70. The van der Waals surface area contributed by atoms with Crippen molar-refractivity contribution in [3.05, 3.63) is 84.0 Å². The van der Waals surface area contributed by atoms with Crippen molar-refractivity contribution in [1.29, 1.82) is 0 Å². The molecule has 1 amide bonds. The van der Waals surface area contributed by atoms with E-state index < -0.39 is 0 Å². The van der Waals surface area contributed by atoms with E-state index in [1.54, 1.807) is 13.0 Å². The molecule has 32 heavy (non-hydrogen) atoms. The molecule has 8 nitrogen and oxygen atoms in total. The number of nitrogens with zero attached hydrogens (tertiary/aromatic N) is 5. The van der Waals surface area contributed by atoms with Gasteiger partial charge >= 0.3 is 0 Å². The average Bonchev–Trinajstić information content (AvgIpc) is 3.41. The van der Waals surface area contributed by atoms with E-state index in [0.29, 0.717) is 11.6 Å². The van der Waals surface area contributed by atoms with Crippen molar-refractivity contribution in [2.75, 3.05) is 31.5 Å². The maximum absolute atomic E-state index is 13.2. The van der Waals surface area contributed by atoms with Crippen LogP contribution in [0.15, 0.2) is 71.5 Å². The van der Waals surface area contributed by atoms with Crippen LogP contribution in [0.2, 0.25) is 0 Å². The van der Waals surface area contributed by atoms with Gasteiger partial charge in [0.1, 0.15) is 17.4 Å². The van der Waals surface area contributed by atoms with Crippen molar-refractivity contribution in [3.63, 3.8) is 0 Å². The largest absolute Gasteiger partial charge is 0.360 e. The summed E-state index contributed by atoms with van der Waals surface area (Å²) in [6.07, 6.45) is 4.10. The highest BCUT2D eigenvalue weighted by Gasteiger charge is 2.31. The van der Waals surface area contributed by atoms with Gasteiger partial charge in [-0.25, -0.2) is 4.98 Å². The molecule has 4 aromatic rings. The van der Waals surface area contributed by atoms with Gasteiger partial charge in [-0.2, -0.15) is 0 Å². The molecule has 164 valence electrons. The molecule has 4 heterocycles. The highest BCUT2D eigenvalue weighted by Crippen LogP contribution is 2.25. The lowest BCUT2D eigenvalue weighted by atomic mass is 10.0. The van der Waals surface area contributed by atoms with E-state index in [2.05, 4.69) is 26.5 Å². The van der Waals surface area contributed by atoms with Crippen molar-refractivity contribution in [2.24, 2.45) is 0 Å². The molecule has 1 aliphatic rings. The van der Waals surface area contributed by atoms with Gasteiger partial charge in [0.25, 0.3) is 0 Å². The van der Waals surface area contributed by atoms with Crippen LogP contribution in [0.1, 0.15) is 23.1 Å². The second-order valence-corrected chi connectivity index (χ2v) is 8.14. The fraction of sp³-hybridized carbons (Fsp3) is 0.292. The quantitative estimate of drug-likeness (QED) is 0.506. The van der Waals surface area contributed by atoms with Crippen LogP contribution < -0.4 is 5.32 Å². The van der Waals surface area contributed by atoms with Gasteiger partial charge in [-0.3, -0.25) is 14.6 Å². The first-order chi connectivity index (χ1) is 15.7. The number of aromatic nitrogens is 3. The van der Waals surface area contributed by atoms with Crippen LogP contribution in [0.25, 0.3) is 5.65 Å². The lowest BCUT2D eigenvalue weighted by Gasteiger charge is -2.38. The lowest BCUT2D eigenvalue weighted by Crippen LogP contribution is -2.49. The molecule has 1 aromatic carbocycles. The lowest BCUT2D eigenvalue weighted by molar-refractivity contribution is -0.122. The highest BCUT2D eigenvalue weighted by atomic mass is 16.5. The minimum absolute atomic E-state index is 0.0988. The van der Waals surface area contributed by atoms with Crippen LogP contribution in [0.3, 0.4) is 0 Å². The van der Waals surface area contributed by atoms with E-state index in [-0.39, 0.29) is 11.9 Å². The topological polar surface area (TPSA) is 78.9 Å². The number of carbonyl (C=O) groups is 1. The van der Waals surface area contributed by atoms with Crippen LogP contribution in [0.5, 0.6) is 0 Å². The number of benzene rings is 1. The molecule has 0 spiro atoms. The molecule has 0 bridgehead atoms. The third kappa shape index (κ3) is 4.42. The van der Waals surface area contributed by atoms with Crippen LogP contribution in [-0.4, -0.2) is 56.4 Å². The zero-order valence-electron chi connectivity index (χ0n) is 18.0. The van der Waals surface area contributed by atoms with Crippen LogP contribution in [0, 0.1) is 6.92 Å². The molecule has 0 saturated carbocycles. The van der Waals surface area contributed by atoms with Crippen molar-refractivity contribution >= 4 is 17.4 Å². The van der Waals surface area contributed by atoms with Crippen molar-refractivity contribution in [2.45, 2.75) is 19.5 Å². The summed E-state index contributed by atoms with van der Waals surface area (Å²) in [5.74, 6) is 1.01. The van der Waals surface area contributed by atoms with Crippen molar-refractivity contribution in [1.82, 2.24) is 24.3 Å². The first kappa shape index (κ1) is 20.4. The number of piperazine rings is 1. The summed E-state index contributed by atoms with van der Waals surface area (Å²) in [7, 11) is 0. The normalized spacial score (nSPS) is 16.3. The second kappa shape index (κ2) is 8.94. The Labute approximate surface area is 186 Å². The summed E-state index contributed by atoms with van der Waals surface area (Å²) in [5.41, 5.74) is 2.99. The summed E-state index contributed by atoms with van der Waals surface area (Å²) in [4.78, 5) is 22.6. The predicted octanol–water partition coefficient (Wildman–Crippen LogP) is 3.13. The fourth-order valence-electron chi connectivity index (χ4n) is 4.26. The molecule has 3 aromatic heterocycles. The molecule has 0 aliphatic carbocycles. The van der Waals surface area contributed by atoms with Crippen molar-refractivity contribution in [3.8, 4) is 0 Å². The molecule has 1 N–H and O–H groups in total. The zero-order valence-corrected chi connectivity index (χ0v) is 18.0. The molecule has 1 unspecified atom stereocenters. The number of nitrogens with one attached hydrogen (secondary N) is 1. The van der Waals surface area contributed by atoms with Gasteiger partial charge in [0.15, 0.2) is 5.82 Å². The maximum atomic E-state index is 13.2. The number of carbonyl (C=O) groups excluding carboxylic acids is 1. The Morgan fingerprint density at radius 3 is 2.59 bits per heavy atom. The molecule has 0 radical (unpaired) electrons. The Bertz CT molecular complexity index is 1160. The number of hydrogen-bond acceptors (Lipinski definition) is 6. The van der Waals surface area contributed by atoms with Gasteiger partial charge in [0.2, 0.25) is 5.91 Å². The van der Waals surface area contributed by atoms with Gasteiger partial charge in [-0.05, 0) is 24.6 Å². The summed E-state index contributed by atoms with van der Waals surface area (Å²) in [5, 5.41) is 6.82. The van der Waals surface area contributed by atoms with E-state index in [4.69, 9.17) is 9.51 Å². The minimum Gasteiger partial charge on any atom is -0.360 e. The Balaban J connectivity index is 1.27. The van der Waals surface area contributed by atoms with Crippen LogP contribution >= 0.6 is 0 Å². The highest BCUT2D eigenvalue weighted by molar-refractivity contribution is 5.94. The third-order valence-corrected chi connectivity index (χ3v) is 5.81. The summed E-state index contributed by atoms with van der Waals surface area (Å²) in [6, 6.07) is 17.3. The standard InChI is InChI=1S/C24H26N6O2/c1-18-15-21(27-32-18)26-24(31)23(19-7-3-2-4-8-19)29-13-11-28(12-14-29)16-20-17-30-10-6-5-9-22(30)25-20/h2-10,15,17,23H,11-14,16H2,1H3,(H,26,27,31). The van der Waals surface area contributed by atoms with Crippen LogP contribution in [-0.2, 0) is 11.3 Å². The van der Waals surface area contributed by atoms with Crippen LogP contribution in [0.4, 0.5) is 5.82 Å². The van der Waals surface area contributed by atoms with E-state index in [1.807, 2.05) is 59.1 Å². The Hall–Kier alpha value is -3.49. The second-order valence-electron chi connectivity index (χ2n) is 8.14. The number of pyridine rings is 1. The first-order valence-electron chi connectivity index (χ1n) is 10.8. The van der Waals surface area contributed by atoms with Gasteiger partial charge in [-0.15, -0.1) is 0 Å². The summed E-state index contributed by atoms with van der Waals surface area (Å²) in [6.45, 7) is 5.92. The maximum Gasteiger partial charge on any atom is 0.247 e. The molecule has 1 atom stereocenters. The van der Waals surface area contributed by atoms with Gasteiger partial charge in [-0.1, -0.05) is 41.6 Å². The number of aryl methyl sites for hydroxylation is 1. The van der Waals surface area contributed by atoms with Gasteiger partial charge in [0, 0.05) is 51.2 Å². The molecule has 1 saturated heterocycles. The van der Waals surface area contributed by atoms with Gasteiger partial charge < -0.3 is 14.2 Å². The number of anilines is 1. The zero-order chi connectivity index (χ0) is 21.9. The molecule has 1 aliphatic heterocycles. The number of imidazole rings is 1. The predicted molar refractivity (Wildman–Crippen MR) is 121 cm³/mol. The van der Waals surface area contributed by atoms with Gasteiger partial charge in [0.05, 0.1) is 5.69 Å². The molecular weight excluding hydrogens is 404 g/mol. The fourth-order valence-corrected chi connectivity index (χ4v) is 4.26. The average molecular weight is 431 g/mol. The monoisotopic (exact) mass is 430 g/mol. The Morgan fingerprint density at radius 2 is 1.88 bits per heavy atom. The number of rotatable bonds is 6. The van der Waals surface area contributed by atoms with Crippen molar-refractivity contribution < 1.29 is 9.32 Å². The molecule has 5 rings (SSSR count). The smallest absolute Gasteiger partial charge is 0.247 e. The van der Waals surface area contributed by atoms with E-state index in [0.717, 1.165) is 49.6 Å². The summed E-state index contributed by atoms with van der Waals surface area (Å²) < 4.78 is 7.14. The molecule has 1 fully saturated rings. The number of hydrogen-bond donors (Lipinski definition) is 1. The Morgan fingerprint density at radius 1 is 1.09 bits per heavy atom. The summed E-state index contributed by atoms with van der Waals surface area (Å²) >= 11 is 0.